The Hall–Kier alpha value is -2.81. The molecule has 0 heterocycles. The standard InChI is InChI=1S/C57H100NO8P/c1-3-5-7-9-11-13-15-17-19-21-23-24-25-26-27-28-29-30-32-34-36-38-40-42-44-46-48-50-57(60)66-55(54-65-67(61,62)64-52-51-58)53-63-56(59)49-47-45-43-41-39-37-35-33-31-22-20-18-16-14-12-10-8-6-4-2/h5,7,11-14,17-20,23-24,26-27,55H,3-4,6,8-10,15-16,21-22,25,28-54,58H2,1-2H3,(H,61,62)/b7-5-,13-11-,14-12-,19-17-,20-18-,24-23-,27-26-. The highest BCUT2D eigenvalue weighted by Gasteiger charge is 2.26. The molecule has 9 nitrogen and oxygen atoms in total. The van der Waals surface area contributed by atoms with Crippen molar-refractivity contribution in [2.24, 2.45) is 5.73 Å². The zero-order valence-electron chi connectivity index (χ0n) is 42.9. The van der Waals surface area contributed by atoms with E-state index in [2.05, 4.69) is 98.9 Å². The third kappa shape index (κ3) is 52.4. The number of hydrogen-bond acceptors (Lipinski definition) is 8. The minimum absolute atomic E-state index is 0.0489. The van der Waals surface area contributed by atoms with Crippen LogP contribution in [0.1, 0.15) is 232 Å². The predicted molar refractivity (Wildman–Crippen MR) is 284 cm³/mol. The molecule has 2 unspecified atom stereocenters. The third-order valence-corrected chi connectivity index (χ3v) is 12.2. The minimum Gasteiger partial charge on any atom is -0.462 e. The van der Waals surface area contributed by atoms with Crippen molar-refractivity contribution >= 4 is 19.8 Å². The first kappa shape index (κ1) is 64.2. The molecule has 10 heteroatoms. The Morgan fingerprint density at radius 2 is 0.821 bits per heavy atom. The maximum atomic E-state index is 12.7. The van der Waals surface area contributed by atoms with Gasteiger partial charge < -0.3 is 20.1 Å². The lowest BCUT2D eigenvalue weighted by Gasteiger charge is -2.19. The van der Waals surface area contributed by atoms with Crippen LogP contribution in [0.25, 0.3) is 0 Å². The number of allylic oxidation sites excluding steroid dienone is 14. The summed E-state index contributed by atoms with van der Waals surface area (Å²) in [4.78, 5) is 35.1. The number of esters is 2. The molecule has 0 aromatic rings. The SMILES string of the molecule is CC/C=C\C/C=C\C/C=C\C/C=C\C/C=C\CCCCCCCCCCCCCC(=O)OC(COC(=O)CCCCCCCCCCC/C=C\C/C=C\CCCCC)COP(=O)(O)OCCN. The largest absolute Gasteiger partial charge is 0.472 e. The summed E-state index contributed by atoms with van der Waals surface area (Å²) in [5.41, 5.74) is 5.37. The second-order valence-electron chi connectivity index (χ2n) is 17.7. The van der Waals surface area contributed by atoms with E-state index in [9.17, 15) is 19.0 Å². The van der Waals surface area contributed by atoms with Crippen LogP contribution < -0.4 is 5.73 Å². The highest BCUT2D eigenvalue weighted by molar-refractivity contribution is 7.47. The van der Waals surface area contributed by atoms with Gasteiger partial charge in [0.2, 0.25) is 0 Å². The second kappa shape index (κ2) is 52.6. The average Bonchev–Trinajstić information content (AvgIpc) is 3.32. The molecule has 0 bridgehead atoms. The molecular weight excluding hydrogens is 858 g/mol. The first-order valence-electron chi connectivity index (χ1n) is 27.1. The van der Waals surface area contributed by atoms with Gasteiger partial charge in [-0.25, -0.2) is 4.57 Å². The van der Waals surface area contributed by atoms with Crippen LogP contribution in [0.5, 0.6) is 0 Å². The lowest BCUT2D eigenvalue weighted by molar-refractivity contribution is -0.161. The highest BCUT2D eigenvalue weighted by Crippen LogP contribution is 2.43. The van der Waals surface area contributed by atoms with Crippen LogP contribution in [-0.2, 0) is 32.7 Å². The molecule has 0 aliphatic carbocycles. The van der Waals surface area contributed by atoms with Gasteiger partial charge in [0.25, 0.3) is 0 Å². The lowest BCUT2D eigenvalue weighted by Crippen LogP contribution is -2.29. The average molecular weight is 958 g/mol. The van der Waals surface area contributed by atoms with Crippen molar-refractivity contribution in [2.45, 2.75) is 238 Å². The molecule has 0 saturated carbocycles. The summed E-state index contributed by atoms with van der Waals surface area (Å²) in [6.07, 6.45) is 67.6. The topological polar surface area (TPSA) is 134 Å². The van der Waals surface area contributed by atoms with Crippen molar-refractivity contribution in [3.63, 3.8) is 0 Å². The van der Waals surface area contributed by atoms with Crippen LogP contribution in [-0.4, -0.2) is 49.3 Å². The van der Waals surface area contributed by atoms with Gasteiger partial charge in [0, 0.05) is 19.4 Å². The summed E-state index contributed by atoms with van der Waals surface area (Å²) in [5.74, 6) is -0.836. The Labute approximate surface area is 411 Å². The molecule has 0 spiro atoms. The van der Waals surface area contributed by atoms with Crippen LogP contribution in [0.15, 0.2) is 85.1 Å². The summed E-state index contributed by atoms with van der Waals surface area (Å²) in [5, 5.41) is 0. The second-order valence-corrected chi connectivity index (χ2v) is 19.2. The van der Waals surface area contributed by atoms with Crippen LogP contribution >= 0.6 is 7.82 Å². The number of carbonyl (C=O) groups excluding carboxylic acids is 2. The van der Waals surface area contributed by atoms with E-state index >= 15 is 0 Å². The van der Waals surface area contributed by atoms with Gasteiger partial charge in [-0.1, -0.05) is 214 Å². The van der Waals surface area contributed by atoms with Crippen molar-refractivity contribution in [2.75, 3.05) is 26.4 Å². The molecule has 3 N–H and O–H groups in total. The van der Waals surface area contributed by atoms with Crippen molar-refractivity contribution in [3.05, 3.63) is 85.1 Å². The molecule has 386 valence electrons. The fraction of sp³-hybridized carbons (Fsp3) is 0.719. The van der Waals surface area contributed by atoms with E-state index in [1.54, 1.807) is 0 Å². The molecule has 0 amide bonds. The summed E-state index contributed by atoms with van der Waals surface area (Å²) >= 11 is 0. The van der Waals surface area contributed by atoms with E-state index in [0.717, 1.165) is 96.3 Å². The normalized spacial score (nSPS) is 13.8. The molecule has 0 radical (unpaired) electrons. The molecular formula is C57H100NO8P. The predicted octanol–water partition coefficient (Wildman–Crippen LogP) is 16.7. The van der Waals surface area contributed by atoms with E-state index < -0.39 is 26.5 Å². The highest BCUT2D eigenvalue weighted by atomic mass is 31.2. The third-order valence-electron chi connectivity index (χ3n) is 11.3. The van der Waals surface area contributed by atoms with Crippen molar-refractivity contribution in [1.82, 2.24) is 0 Å². The zero-order chi connectivity index (χ0) is 48.8. The fourth-order valence-corrected chi connectivity index (χ4v) is 8.05. The first-order valence-corrected chi connectivity index (χ1v) is 28.6. The molecule has 0 saturated heterocycles. The molecule has 0 rings (SSSR count). The number of hydrogen-bond donors (Lipinski definition) is 2. The van der Waals surface area contributed by atoms with Gasteiger partial charge >= 0.3 is 19.8 Å². The summed E-state index contributed by atoms with van der Waals surface area (Å²) < 4.78 is 33.0. The number of nitrogens with two attached hydrogens (primary N) is 1. The van der Waals surface area contributed by atoms with Gasteiger partial charge in [-0.05, 0) is 89.9 Å². The van der Waals surface area contributed by atoms with Gasteiger partial charge in [0.1, 0.15) is 6.61 Å². The van der Waals surface area contributed by atoms with Gasteiger partial charge in [-0.3, -0.25) is 18.6 Å². The lowest BCUT2D eigenvalue weighted by atomic mass is 10.0. The zero-order valence-corrected chi connectivity index (χ0v) is 43.8. The molecule has 0 fully saturated rings. The van der Waals surface area contributed by atoms with Crippen molar-refractivity contribution in [3.8, 4) is 0 Å². The molecule has 67 heavy (non-hydrogen) atoms. The molecule has 0 aromatic carbocycles. The van der Waals surface area contributed by atoms with Crippen molar-refractivity contribution < 1.29 is 37.6 Å². The van der Waals surface area contributed by atoms with Gasteiger partial charge in [-0.2, -0.15) is 0 Å². The Balaban J connectivity index is 4.03. The van der Waals surface area contributed by atoms with E-state index in [-0.39, 0.29) is 38.6 Å². The van der Waals surface area contributed by atoms with Gasteiger partial charge in [-0.15, -0.1) is 0 Å². The number of unbranched alkanes of at least 4 members (excludes halogenated alkanes) is 23. The van der Waals surface area contributed by atoms with E-state index in [1.165, 1.54) is 103 Å². The molecule has 0 aromatic heterocycles. The van der Waals surface area contributed by atoms with E-state index in [4.69, 9.17) is 24.3 Å². The molecule has 2 atom stereocenters. The number of ether oxygens (including phenoxy) is 2. The summed E-state index contributed by atoms with van der Waals surface area (Å²) in [7, 11) is -4.39. The number of phosphoric ester groups is 1. The molecule has 0 aliphatic rings. The quantitative estimate of drug-likeness (QED) is 0.0264. The smallest absolute Gasteiger partial charge is 0.462 e. The molecule has 0 aliphatic heterocycles. The van der Waals surface area contributed by atoms with Gasteiger partial charge in [0.05, 0.1) is 13.2 Å². The van der Waals surface area contributed by atoms with Crippen LogP contribution in [0, 0.1) is 0 Å². The van der Waals surface area contributed by atoms with E-state index in [0.29, 0.717) is 6.42 Å². The number of carbonyl (C=O) groups is 2. The number of rotatable bonds is 50. The van der Waals surface area contributed by atoms with E-state index in [1.807, 2.05) is 0 Å². The monoisotopic (exact) mass is 958 g/mol. The Morgan fingerprint density at radius 3 is 1.22 bits per heavy atom. The van der Waals surface area contributed by atoms with Crippen molar-refractivity contribution in [1.29, 1.82) is 0 Å². The Morgan fingerprint density at radius 1 is 0.463 bits per heavy atom. The Bertz CT molecular complexity index is 1370. The Kier molecular flexibility index (Phi) is 50.4. The summed E-state index contributed by atoms with van der Waals surface area (Å²) in [6.45, 7) is 3.60. The van der Waals surface area contributed by atoms with Crippen LogP contribution in [0.3, 0.4) is 0 Å². The minimum atomic E-state index is -4.39. The van der Waals surface area contributed by atoms with Crippen LogP contribution in [0.4, 0.5) is 0 Å². The maximum Gasteiger partial charge on any atom is 0.472 e. The number of phosphoric acid groups is 1. The maximum absolute atomic E-state index is 12.7. The van der Waals surface area contributed by atoms with Gasteiger partial charge in [0.15, 0.2) is 6.10 Å². The summed E-state index contributed by atoms with van der Waals surface area (Å²) in [6, 6.07) is 0. The fourth-order valence-electron chi connectivity index (χ4n) is 7.28. The first-order chi connectivity index (χ1) is 32.8. The van der Waals surface area contributed by atoms with Crippen LogP contribution in [0.2, 0.25) is 0 Å².